The Bertz CT molecular complexity index is 504. The van der Waals surface area contributed by atoms with Gasteiger partial charge in [-0.25, -0.2) is 0 Å². The van der Waals surface area contributed by atoms with Gasteiger partial charge in [0.15, 0.2) is 6.10 Å². The third-order valence-corrected chi connectivity index (χ3v) is 2.34. The van der Waals surface area contributed by atoms with E-state index in [0.29, 0.717) is 10.8 Å². The molecule has 1 atom stereocenters. The van der Waals surface area contributed by atoms with Gasteiger partial charge in [0.05, 0.1) is 12.8 Å². The summed E-state index contributed by atoms with van der Waals surface area (Å²) in [6, 6.07) is 6.44. The number of halogens is 1. The summed E-state index contributed by atoms with van der Waals surface area (Å²) in [5.74, 6) is 1.52. The summed E-state index contributed by atoms with van der Waals surface area (Å²) < 4.78 is 9.82. The van der Waals surface area contributed by atoms with Gasteiger partial charge in [-0.05, 0) is 25.1 Å². The topological polar surface area (TPSA) is 52.6 Å². The van der Waals surface area contributed by atoms with E-state index in [4.69, 9.17) is 27.5 Å². The molecule has 100 valence electrons. The summed E-state index contributed by atoms with van der Waals surface area (Å²) in [6.07, 6.45) is 4.30. The second kappa shape index (κ2) is 7.45. The monoisotopic (exact) mass is 280 g/mol. The van der Waals surface area contributed by atoms with Crippen molar-refractivity contribution in [2.24, 2.45) is 0 Å². The molecule has 4 nitrogen and oxygen atoms in total. The van der Waals surface area contributed by atoms with Gasteiger partial charge in [-0.2, -0.15) is 0 Å². The molecule has 1 rings (SSSR count). The zero-order valence-electron chi connectivity index (χ0n) is 10.4. The van der Waals surface area contributed by atoms with E-state index < -0.39 is 18.0 Å². The van der Waals surface area contributed by atoms with Crippen molar-refractivity contribution in [2.75, 3.05) is 0 Å². The fraction of sp³-hybridized carbons (Fsp3) is 0.286. The van der Waals surface area contributed by atoms with Crippen LogP contribution in [0.1, 0.15) is 19.8 Å². The zero-order chi connectivity index (χ0) is 14.3. The molecule has 0 aliphatic rings. The number of ether oxygens (including phenoxy) is 2. The lowest BCUT2D eigenvalue weighted by Gasteiger charge is -2.07. The molecule has 0 saturated carbocycles. The van der Waals surface area contributed by atoms with Crippen LogP contribution >= 0.6 is 11.6 Å². The second-order valence-corrected chi connectivity index (χ2v) is 4.17. The van der Waals surface area contributed by atoms with E-state index in [9.17, 15) is 9.59 Å². The van der Waals surface area contributed by atoms with E-state index in [1.807, 2.05) is 0 Å². The molecule has 0 aliphatic heterocycles. The minimum atomic E-state index is -0.601. The first kappa shape index (κ1) is 15.1. The third-order valence-electron chi connectivity index (χ3n) is 2.10. The largest absolute Gasteiger partial charge is 0.449 e. The number of carbonyl (C=O) groups excluding carboxylic acids is 2. The van der Waals surface area contributed by atoms with Gasteiger partial charge in [-0.3, -0.25) is 9.59 Å². The quantitative estimate of drug-likeness (QED) is 0.473. The Morgan fingerprint density at radius 3 is 2.68 bits per heavy atom. The Morgan fingerprint density at radius 2 is 2.05 bits per heavy atom. The van der Waals surface area contributed by atoms with Crippen molar-refractivity contribution in [3.05, 3.63) is 29.3 Å². The molecule has 1 unspecified atom stereocenters. The highest BCUT2D eigenvalue weighted by Crippen LogP contribution is 2.17. The molecule has 1 aromatic carbocycles. The molecule has 0 bridgehead atoms. The van der Waals surface area contributed by atoms with Gasteiger partial charge in [0.25, 0.3) is 0 Å². The summed E-state index contributed by atoms with van der Waals surface area (Å²) in [6.45, 7) is 1.57. The van der Waals surface area contributed by atoms with E-state index in [2.05, 4.69) is 5.92 Å². The fourth-order valence-electron chi connectivity index (χ4n) is 1.21. The number of esters is 2. The van der Waals surface area contributed by atoms with Crippen molar-refractivity contribution in [2.45, 2.75) is 25.9 Å². The van der Waals surface area contributed by atoms with Crippen LogP contribution in [0.5, 0.6) is 5.75 Å². The molecule has 0 aliphatic carbocycles. The van der Waals surface area contributed by atoms with Crippen LogP contribution in [0.2, 0.25) is 5.02 Å². The predicted molar refractivity (Wildman–Crippen MR) is 70.7 cm³/mol. The van der Waals surface area contributed by atoms with Gasteiger partial charge >= 0.3 is 11.9 Å². The normalized spacial score (nSPS) is 11.2. The SMILES string of the molecule is C#CC(C)OC(=O)CCC(=O)Oc1cccc(Cl)c1. The zero-order valence-corrected chi connectivity index (χ0v) is 11.1. The van der Waals surface area contributed by atoms with Crippen molar-refractivity contribution in [3.8, 4) is 18.1 Å². The van der Waals surface area contributed by atoms with E-state index >= 15 is 0 Å². The van der Waals surface area contributed by atoms with Crippen molar-refractivity contribution in [1.82, 2.24) is 0 Å². The summed E-state index contributed by atoms with van der Waals surface area (Å²) in [5, 5.41) is 0.465. The Morgan fingerprint density at radius 1 is 1.37 bits per heavy atom. The number of hydrogen-bond acceptors (Lipinski definition) is 4. The van der Waals surface area contributed by atoms with Crippen LogP contribution in [0.4, 0.5) is 0 Å². The van der Waals surface area contributed by atoms with Gasteiger partial charge in [0.1, 0.15) is 5.75 Å². The lowest BCUT2D eigenvalue weighted by Crippen LogP contribution is -2.16. The molecule has 0 fully saturated rings. The smallest absolute Gasteiger partial charge is 0.311 e. The Labute approximate surface area is 116 Å². The van der Waals surface area contributed by atoms with Crippen LogP contribution in [0.3, 0.4) is 0 Å². The van der Waals surface area contributed by atoms with E-state index in [0.717, 1.165) is 0 Å². The van der Waals surface area contributed by atoms with E-state index in [1.165, 1.54) is 6.07 Å². The number of benzene rings is 1. The van der Waals surface area contributed by atoms with Gasteiger partial charge in [-0.1, -0.05) is 23.6 Å². The molecule has 0 heterocycles. The standard InChI is InChI=1S/C14H13ClO4/c1-3-10(2)18-13(16)7-8-14(17)19-12-6-4-5-11(15)9-12/h1,4-6,9-10H,7-8H2,2H3. The predicted octanol–water partition coefficient (Wildman–Crippen LogP) is 2.59. The lowest BCUT2D eigenvalue weighted by atomic mass is 10.3. The molecule has 0 aromatic heterocycles. The highest BCUT2D eigenvalue weighted by Gasteiger charge is 2.12. The summed E-state index contributed by atoms with van der Waals surface area (Å²) >= 11 is 5.74. The van der Waals surface area contributed by atoms with Gasteiger partial charge in [-0.15, -0.1) is 6.42 Å². The molecule has 1 aromatic rings. The highest BCUT2D eigenvalue weighted by atomic mass is 35.5. The van der Waals surface area contributed by atoms with Crippen molar-refractivity contribution in [1.29, 1.82) is 0 Å². The maximum atomic E-state index is 11.5. The van der Waals surface area contributed by atoms with Crippen LogP contribution in [0.15, 0.2) is 24.3 Å². The van der Waals surface area contributed by atoms with E-state index in [-0.39, 0.29) is 12.8 Å². The maximum Gasteiger partial charge on any atom is 0.311 e. The van der Waals surface area contributed by atoms with E-state index in [1.54, 1.807) is 25.1 Å². The van der Waals surface area contributed by atoms with Crippen LogP contribution < -0.4 is 4.74 Å². The first-order valence-corrected chi connectivity index (χ1v) is 6.01. The first-order valence-electron chi connectivity index (χ1n) is 5.63. The molecule has 5 heteroatoms. The van der Waals surface area contributed by atoms with Crippen molar-refractivity contribution >= 4 is 23.5 Å². The average Bonchev–Trinajstić information content (AvgIpc) is 2.36. The summed E-state index contributed by atoms with van der Waals surface area (Å²) in [7, 11) is 0. The third kappa shape index (κ3) is 5.94. The lowest BCUT2D eigenvalue weighted by molar-refractivity contribution is -0.148. The minimum absolute atomic E-state index is 0.0780. The van der Waals surface area contributed by atoms with Crippen LogP contribution in [0, 0.1) is 12.3 Å². The molecule has 0 amide bonds. The fourth-order valence-corrected chi connectivity index (χ4v) is 1.39. The number of terminal acetylenes is 1. The van der Waals surface area contributed by atoms with Gasteiger partial charge in [0.2, 0.25) is 0 Å². The Kier molecular flexibility index (Phi) is 5.91. The second-order valence-electron chi connectivity index (χ2n) is 3.73. The molecule has 0 radical (unpaired) electrons. The van der Waals surface area contributed by atoms with Crippen LogP contribution in [-0.2, 0) is 14.3 Å². The van der Waals surface area contributed by atoms with Crippen LogP contribution in [0.25, 0.3) is 0 Å². The molecule has 0 N–H and O–H groups in total. The van der Waals surface area contributed by atoms with Crippen LogP contribution in [-0.4, -0.2) is 18.0 Å². The number of hydrogen-bond donors (Lipinski definition) is 0. The summed E-state index contributed by atoms with van der Waals surface area (Å²) in [4.78, 5) is 22.7. The van der Waals surface area contributed by atoms with Crippen molar-refractivity contribution < 1.29 is 19.1 Å². The number of rotatable bonds is 5. The minimum Gasteiger partial charge on any atom is -0.449 e. The molecule has 0 spiro atoms. The Hall–Kier alpha value is -1.99. The first-order chi connectivity index (χ1) is 9.01. The van der Waals surface area contributed by atoms with Gasteiger partial charge < -0.3 is 9.47 Å². The average molecular weight is 281 g/mol. The maximum absolute atomic E-state index is 11.5. The Balaban J connectivity index is 2.36. The molecular weight excluding hydrogens is 268 g/mol. The summed E-state index contributed by atoms with van der Waals surface area (Å²) in [5.41, 5.74) is 0. The number of carbonyl (C=O) groups is 2. The highest BCUT2D eigenvalue weighted by molar-refractivity contribution is 6.30. The van der Waals surface area contributed by atoms with Crippen molar-refractivity contribution in [3.63, 3.8) is 0 Å². The molecule has 19 heavy (non-hydrogen) atoms. The molecule has 0 saturated heterocycles. The molecular formula is C14H13ClO4. The van der Waals surface area contributed by atoms with Gasteiger partial charge in [0, 0.05) is 5.02 Å².